The van der Waals surface area contributed by atoms with Crippen LogP contribution in [0.15, 0.2) is 54.7 Å². The average Bonchev–Trinajstić information content (AvgIpc) is 2.67. The van der Waals surface area contributed by atoms with Gasteiger partial charge < -0.3 is 8.92 Å². The molecule has 0 spiro atoms. The molecule has 3 rings (SSSR count). The lowest BCUT2D eigenvalue weighted by atomic mass is 10.0. The van der Waals surface area contributed by atoms with Crippen molar-refractivity contribution >= 4 is 10.5 Å². The van der Waals surface area contributed by atoms with E-state index in [1.165, 1.54) is 30.5 Å². The van der Waals surface area contributed by atoms with Crippen molar-refractivity contribution < 1.29 is 30.0 Å². The van der Waals surface area contributed by atoms with Crippen LogP contribution in [-0.4, -0.2) is 13.4 Å². The van der Waals surface area contributed by atoms with E-state index in [0.717, 1.165) is 24.3 Å². The molecule has 0 saturated heterocycles. The molecule has 0 saturated carbocycles. The molecule has 29 heavy (non-hydrogen) atoms. The van der Waals surface area contributed by atoms with E-state index in [1.54, 1.807) is 0 Å². The summed E-state index contributed by atoms with van der Waals surface area (Å²) in [5, 5.41) is 8.88. The largest absolute Gasteiger partial charge is 0.489 e. The smallest absolute Gasteiger partial charge is 0.488 e. The zero-order chi connectivity index (χ0) is 21.0. The molecule has 1 aromatic heterocycles. The molecule has 0 radical (unpaired) electrons. The Morgan fingerprint density at radius 2 is 1.59 bits per heavy atom. The second-order valence-electron chi connectivity index (χ2n) is 5.70. The molecule has 0 fully saturated rings. The number of hydrogen-bond acceptors (Lipinski definition) is 6. The Morgan fingerprint density at radius 1 is 0.966 bits per heavy atom. The van der Waals surface area contributed by atoms with Crippen molar-refractivity contribution in [1.82, 2.24) is 4.98 Å². The van der Waals surface area contributed by atoms with Gasteiger partial charge in [-0.2, -0.15) is 13.7 Å². The normalized spacial score (nSPS) is 11.0. The fourth-order valence-corrected chi connectivity index (χ4v) is 2.78. The highest BCUT2D eigenvalue weighted by Gasteiger charge is 2.14. The van der Waals surface area contributed by atoms with Crippen LogP contribution in [0.25, 0.3) is 11.1 Å². The number of nitriles is 1. The zero-order valence-corrected chi connectivity index (χ0v) is 15.3. The van der Waals surface area contributed by atoms with Gasteiger partial charge >= 0.3 is 10.5 Å². The molecule has 2 aromatic carbocycles. The third-order valence-electron chi connectivity index (χ3n) is 3.75. The highest BCUT2D eigenvalue weighted by molar-refractivity contribution is 7.81. The molecule has 0 aliphatic rings. The van der Waals surface area contributed by atoms with Crippen molar-refractivity contribution in [1.29, 1.82) is 5.26 Å². The van der Waals surface area contributed by atoms with Gasteiger partial charge in [0.15, 0.2) is 0 Å². The van der Waals surface area contributed by atoms with Gasteiger partial charge in [-0.05, 0) is 59.7 Å². The molecule has 0 atom stereocenters. The Kier molecular flexibility index (Phi) is 5.70. The summed E-state index contributed by atoms with van der Waals surface area (Å²) in [7, 11) is -5.15. The molecule has 0 unspecified atom stereocenters. The quantitative estimate of drug-likeness (QED) is 0.559. The van der Waals surface area contributed by atoms with Gasteiger partial charge in [0.25, 0.3) is 0 Å². The summed E-state index contributed by atoms with van der Waals surface area (Å²) in [5.41, 5.74) is 0.454. The molecular weight excluding hydrogens is 409 g/mol. The van der Waals surface area contributed by atoms with Crippen LogP contribution in [0.5, 0.6) is 11.5 Å². The first-order valence-electron chi connectivity index (χ1n) is 7.96. The number of aromatic nitrogens is 1. The van der Waals surface area contributed by atoms with Gasteiger partial charge in [0, 0.05) is 6.20 Å². The van der Waals surface area contributed by atoms with Gasteiger partial charge in [-0.1, -0.05) is 3.89 Å². The van der Waals surface area contributed by atoms with Crippen molar-refractivity contribution in [3.05, 3.63) is 77.6 Å². The van der Waals surface area contributed by atoms with Crippen molar-refractivity contribution in [3.8, 4) is 28.7 Å². The Labute approximate surface area is 164 Å². The molecule has 0 bridgehead atoms. The van der Waals surface area contributed by atoms with Gasteiger partial charge in [0.2, 0.25) is 0 Å². The maximum Gasteiger partial charge on any atom is 0.488 e. The maximum atomic E-state index is 14.4. The van der Waals surface area contributed by atoms with Crippen molar-refractivity contribution in [3.63, 3.8) is 0 Å². The summed E-state index contributed by atoms with van der Waals surface area (Å²) in [6, 6.07) is 11.8. The van der Waals surface area contributed by atoms with E-state index in [9.17, 15) is 21.1 Å². The van der Waals surface area contributed by atoms with Gasteiger partial charge in [-0.3, -0.25) is 0 Å². The summed E-state index contributed by atoms with van der Waals surface area (Å²) in [6.07, 6.45) is 1.36. The molecule has 10 heteroatoms. The number of hydrogen-bond donors (Lipinski definition) is 0. The van der Waals surface area contributed by atoms with Crippen LogP contribution in [0.2, 0.25) is 0 Å². The molecule has 3 aromatic rings. The van der Waals surface area contributed by atoms with E-state index < -0.39 is 28.7 Å². The molecule has 1 heterocycles. The van der Waals surface area contributed by atoms with Crippen LogP contribution >= 0.6 is 0 Å². The number of halogens is 3. The predicted molar refractivity (Wildman–Crippen MR) is 95.7 cm³/mol. The maximum absolute atomic E-state index is 14.4. The lowest BCUT2D eigenvalue weighted by Crippen LogP contribution is -2.03. The fraction of sp³-hybridized carbons (Fsp3) is 0.0526. The Bertz CT molecular complexity index is 1170. The van der Waals surface area contributed by atoms with Crippen LogP contribution in [0.3, 0.4) is 0 Å². The Hall–Kier alpha value is -3.58. The molecular formula is C19H11F3N2O4S. The lowest BCUT2D eigenvalue weighted by molar-refractivity contribution is 0.292. The predicted octanol–water partition coefficient (Wildman–Crippen LogP) is 4.07. The number of pyridine rings is 1. The molecule has 0 N–H and O–H groups in total. The zero-order valence-electron chi connectivity index (χ0n) is 14.5. The number of rotatable bonds is 6. The second kappa shape index (κ2) is 8.20. The molecule has 0 amide bonds. The monoisotopic (exact) mass is 420 g/mol. The molecule has 0 aliphatic carbocycles. The van der Waals surface area contributed by atoms with E-state index in [-0.39, 0.29) is 28.3 Å². The lowest BCUT2D eigenvalue weighted by Gasteiger charge is -2.11. The van der Waals surface area contributed by atoms with E-state index in [1.807, 2.05) is 6.07 Å². The van der Waals surface area contributed by atoms with E-state index >= 15 is 0 Å². The van der Waals surface area contributed by atoms with Crippen LogP contribution in [0.4, 0.5) is 12.7 Å². The minimum atomic E-state index is -5.15. The topological polar surface area (TPSA) is 89.3 Å². The number of benzene rings is 2. The van der Waals surface area contributed by atoms with Crippen molar-refractivity contribution in [2.24, 2.45) is 0 Å². The second-order valence-corrected chi connectivity index (χ2v) is 6.65. The van der Waals surface area contributed by atoms with Crippen LogP contribution in [-0.2, 0) is 17.1 Å². The van der Waals surface area contributed by atoms with Crippen LogP contribution < -0.4 is 8.92 Å². The third-order valence-corrected chi connectivity index (χ3v) is 4.14. The minimum Gasteiger partial charge on any atom is -0.489 e. The SMILES string of the molecule is N#Cc1cc(-c2cc(F)c(COc3ccc(OS(=O)(=O)F)cc3)c(F)c2)ccn1. The van der Waals surface area contributed by atoms with Crippen LogP contribution in [0.1, 0.15) is 11.3 Å². The van der Waals surface area contributed by atoms with Crippen molar-refractivity contribution in [2.75, 3.05) is 0 Å². The summed E-state index contributed by atoms with van der Waals surface area (Å²) < 4.78 is 71.4. The average molecular weight is 420 g/mol. The third kappa shape index (κ3) is 5.24. The number of ether oxygens (including phenoxy) is 1. The number of nitrogens with zero attached hydrogens (tertiary/aromatic N) is 2. The highest BCUT2D eigenvalue weighted by atomic mass is 32.3. The highest BCUT2D eigenvalue weighted by Crippen LogP contribution is 2.26. The molecule has 6 nitrogen and oxygen atoms in total. The first-order valence-corrected chi connectivity index (χ1v) is 9.27. The standard InChI is InChI=1S/C19H11F3N2O4S/c20-18-8-13(12-5-6-24-14(7-12)10-23)9-19(21)17(18)11-27-15-1-3-16(4-2-15)28-29(22,25)26/h1-9H,11H2. The fourth-order valence-electron chi connectivity index (χ4n) is 2.44. The Balaban J connectivity index is 1.76. The van der Waals surface area contributed by atoms with E-state index in [0.29, 0.717) is 5.56 Å². The summed E-state index contributed by atoms with van der Waals surface area (Å²) >= 11 is 0. The first-order chi connectivity index (χ1) is 13.7. The van der Waals surface area contributed by atoms with Crippen molar-refractivity contribution in [2.45, 2.75) is 6.61 Å². The van der Waals surface area contributed by atoms with Gasteiger partial charge in [-0.25, -0.2) is 13.8 Å². The molecule has 148 valence electrons. The first kappa shape index (κ1) is 20.2. The van der Waals surface area contributed by atoms with Gasteiger partial charge in [-0.15, -0.1) is 0 Å². The van der Waals surface area contributed by atoms with Gasteiger partial charge in [0.05, 0.1) is 5.56 Å². The van der Waals surface area contributed by atoms with E-state index in [4.69, 9.17) is 10.00 Å². The Morgan fingerprint density at radius 3 is 2.17 bits per heavy atom. The van der Waals surface area contributed by atoms with E-state index in [2.05, 4.69) is 9.17 Å². The van der Waals surface area contributed by atoms with Crippen LogP contribution in [0, 0.1) is 23.0 Å². The summed E-state index contributed by atoms with van der Waals surface area (Å²) in [5.74, 6) is -1.82. The molecule has 0 aliphatic heterocycles. The summed E-state index contributed by atoms with van der Waals surface area (Å²) in [4.78, 5) is 3.80. The summed E-state index contributed by atoms with van der Waals surface area (Å²) in [6.45, 7) is -0.445. The van der Waals surface area contributed by atoms with Gasteiger partial charge in [0.1, 0.15) is 41.5 Å². The minimum absolute atomic E-state index is 0.115.